The number of hydrogen-bond donors (Lipinski definition) is 2. The summed E-state index contributed by atoms with van der Waals surface area (Å²) in [6.07, 6.45) is 0. The van der Waals surface area contributed by atoms with E-state index in [-0.39, 0.29) is 22.8 Å². The highest BCUT2D eigenvalue weighted by Crippen LogP contribution is 2.22. The van der Waals surface area contributed by atoms with Crippen LogP contribution in [0.2, 0.25) is 5.02 Å². The Labute approximate surface area is 94.1 Å². The summed E-state index contributed by atoms with van der Waals surface area (Å²) in [5, 5.41) is 12.7. The van der Waals surface area contributed by atoms with Crippen molar-refractivity contribution in [1.29, 1.82) is 0 Å². The highest BCUT2D eigenvalue weighted by molar-refractivity contribution is 6.30. The topological polar surface area (TPSA) is 49.3 Å². The number of aromatic hydroxyl groups is 1. The van der Waals surface area contributed by atoms with Crippen molar-refractivity contribution in [3.05, 3.63) is 28.8 Å². The fraction of sp³-hybridized carbons (Fsp3) is 0.364. The lowest BCUT2D eigenvalue weighted by Crippen LogP contribution is -2.40. The molecule has 3 nitrogen and oxygen atoms in total. The Morgan fingerprint density at radius 1 is 1.40 bits per heavy atom. The number of carbonyl (C=O) groups excluding carboxylic acids is 1. The zero-order valence-electron chi connectivity index (χ0n) is 8.97. The highest BCUT2D eigenvalue weighted by Gasteiger charge is 2.17. The van der Waals surface area contributed by atoms with Crippen LogP contribution in [-0.4, -0.2) is 16.6 Å². The maximum atomic E-state index is 11.7. The molecule has 0 saturated carbocycles. The molecule has 1 amide bonds. The molecule has 0 aliphatic carbocycles. The minimum Gasteiger partial charge on any atom is -0.507 e. The number of phenols is 1. The number of carbonyl (C=O) groups is 1. The second-order valence-electron chi connectivity index (χ2n) is 4.37. The summed E-state index contributed by atoms with van der Waals surface area (Å²) >= 11 is 5.66. The van der Waals surface area contributed by atoms with E-state index in [2.05, 4.69) is 5.32 Å². The number of amides is 1. The lowest BCUT2D eigenvalue weighted by Gasteiger charge is -2.20. The van der Waals surface area contributed by atoms with E-state index >= 15 is 0 Å². The van der Waals surface area contributed by atoms with Crippen LogP contribution in [0, 0.1) is 0 Å². The molecule has 0 aromatic heterocycles. The number of nitrogens with one attached hydrogen (secondary N) is 1. The molecule has 0 aliphatic heterocycles. The number of hydrogen-bond acceptors (Lipinski definition) is 2. The van der Waals surface area contributed by atoms with E-state index in [0.717, 1.165) is 0 Å². The molecule has 0 bridgehead atoms. The van der Waals surface area contributed by atoms with Gasteiger partial charge in [0.1, 0.15) is 5.75 Å². The number of phenolic OH excluding ortho intramolecular Hbond substituents is 1. The van der Waals surface area contributed by atoms with Gasteiger partial charge < -0.3 is 10.4 Å². The number of rotatable bonds is 1. The van der Waals surface area contributed by atoms with Crippen LogP contribution in [0.3, 0.4) is 0 Å². The van der Waals surface area contributed by atoms with Gasteiger partial charge in [-0.05, 0) is 39.0 Å². The normalized spacial score (nSPS) is 11.2. The zero-order valence-corrected chi connectivity index (χ0v) is 9.72. The molecule has 0 unspecified atom stereocenters. The lowest BCUT2D eigenvalue weighted by molar-refractivity contribution is 0.0917. The van der Waals surface area contributed by atoms with Gasteiger partial charge >= 0.3 is 0 Å². The monoisotopic (exact) mass is 227 g/mol. The van der Waals surface area contributed by atoms with Gasteiger partial charge in [-0.15, -0.1) is 0 Å². The molecular weight excluding hydrogens is 214 g/mol. The Hall–Kier alpha value is -1.22. The molecular formula is C11H14ClNO2. The molecule has 1 rings (SSSR count). The van der Waals surface area contributed by atoms with E-state index in [4.69, 9.17) is 11.6 Å². The molecule has 1 aromatic rings. The summed E-state index contributed by atoms with van der Waals surface area (Å²) < 4.78 is 0. The van der Waals surface area contributed by atoms with Crippen LogP contribution in [-0.2, 0) is 0 Å². The Bertz CT molecular complexity index is 383. The predicted octanol–water partition coefficient (Wildman–Crippen LogP) is 2.57. The van der Waals surface area contributed by atoms with Gasteiger partial charge in [-0.1, -0.05) is 11.6 Å². The summed E-state index contributed by atoms with van der Waals surface area (Å²) in [5.41, 5.74) is -0.0993. The maximum Gasteiger partial charge on any atom is 0.255 e. The van der Waals surface area contributed by atoms with Crippen molar-refractivity contribution < 1.29 is 9.90 Å². The van der Waals surface area contributed by atoms with Crippen molar-refractivity contribution in [2.45, 2.75) is 26.3 Å². The van der Waals surface area contributed by atoms with Crippen LogP contribution >= 0.6 is 11.6 Å². The third-order valence-electron chi connectivity index (χ3n) is 1.69. The van der Waals surface area contributed by atoms with E-state index in [1.165, 1.54) is 12.1 Å². The molecule has 0 fully saturated rings. The van der Waals surface area contributed by atoms with Gasteiger partial charge in [0, 0.05) is 10.6 Å². The van der Waals surface area contributed by atoms with Gasteiger partial charge in [0.15, 0.2) is 0 Å². The Morgan fingerprint density at radius 3 is 2.47 bits per heavy atom. The summed E-state index contributed by atoms with van der Waals surface area (Å²) in [6, 6.07) is 4.41. The van der Waals surface area contributed by atoms with E-state index < -0.39 is 0 Å². The van der Waals surface area contributed by atoms with Crippen LogP contribution in [0.5, 0.6) is 5.75 Å². The standard InChI is InChI=1S/C11H14ClNO2/c1-11(2,3)13-10(15)8-5-4-7(12)6-9(8)14/h4-6,14H,1-3H3,(H,13,15). The molecule has 2 N–H and O–H groups in total. The summed E-state index contributed by atoms with van der Waals surface area (Å²) in [4.78, 5) is 11.7. The van der Waals surface area contributed by atoms with Crippen LogP contribution < -0.4 is 5.32 Å². The van der Waals surface area contributed by atoms with Gasteiger partial charge in [-0.25, -0.2) is 0 Å². The molecule has 0 saturated heterocycles. The van der Waals surface area contributed by atoms with Crippen molar-refractivity contribution >= 4 is 17.5 Å². The van der Waals surface area contributed by atoms with Crippen molar-refractivity contribution in [3.8, 4) is 5.75 Å². The van der Waals surface area contributed by atoms with Crippen LogP contribution in [0.15, 0.2) is 18.2 Å². The van der Waals surface area contributed by atoms with Crippen molar-refractivity contribution in [2.75, 3.05) is 0 Å². The van der Waals surface area contributed by atoms with E-state index in [0.29, 0.717) is 5.02 Å². The maximum absolute atomic E-state index is 11.7. The van der Waals surface area contributed by atoms with Gasteiger partial charge in [0.25, 0.3) is 5.91 Å². The minimum atomic E-state index is -0.330. The average molecular weight is 228 g/mol. The van der Waals surface area contributed by atoms with E-state index in [1.807, 2.05) is 20.8 Å². The van der Waals surface area contributed by atoms with Crippen molar-refractivity contribution in [1.82, 2.24) is 5.32 Å². The smallest absolute Gasteiger partial charge is 0.255 e. The molecule has 0 spiro atoms. The first-order valence-electron chi connectivity index (χ1n) is 4.60. The molecule has 0 atom stereocenters. The van der Waals surface area contributed by atoms with Gasteiger partial charge in [0.2, 0.25) is 0 Å². The molecule has 1 aromatic carbocycles. The molecule has 82 valence electrons. The van der Waals surface area contributed by atoms with Gasteiger partial charge in [0.05, 0.1) is 5.56 Å². The minimum absolute atomic E-state index is 0.107. The van der Waals surface area contributed by atoms with E-state index in [1.54, 1.807) is 6.07 Å². The zero-order chi connectivity index (χ0) is 11.6. The summed E-state index contributed by atoms with van der Waals surface area (Å²) in [5.74, 6) is -0.416. The molecule has 0 aliphatic rings. The molecule has 4 heteroatoms. The Kier molecular flexibility index (Phi) is 3.25. The first-order chi connectivity index (χ1) is 6.79. The van der Waals surface area contributed by atoms with Gasteiger partial charge in [-0.2, -0.15) is 0 Å². The van der Waals surface area contributed by atoms with Crippen LogP contribution in [0.4, 0.5) is 0 Å². The number of benzene rings is 1. The SMILES string of the molecule is CC(C)(C)NC(=O)c1ccc(Cl)cc1O. The molecule has 0 heterocycles. The van der Waals surface area contributed by atoms with Crippen LogP contribution in [0.1, 0.15) is 31.1 Å². The summed E-state index contributed by atoms with van der Waals surface area (Å²) in [6.45, 7) is 5.62. The molecule has 0 radical (unpaired) electrons. The van der Waals surface area contributed by atoms with Gasteiger partial charge in [-0.3, -0.25) is 4.79 Å². The third kappa shape index (κ3) is 3.44. The second kappa shape index (κ2) is 4.11. The fourth-order valence-electron chi connectivity index (χ4n) is 1.10. The quantitative estimate of drug-likeness (QED) is 0.775. The first-order valence-corrected chi connectivity index (χ1v) is 4.98. The largest absolute Gasteiger partial charge is 0.507 e. The fourth-order valence-corrected chi connectivity index (χ4v) is 1.27. The second-order valence-corrected chi connectivity index (χ2v) is 4.80. The molecule has 15 heavy (non-hydrogen) atoms. The predicted molar refractivity (Wildman–Crippen MR) is 60.3 cm³/mol. The van der Waals surface area contributed by atoms with Crippen molar-refractivity contribution in [2.24, 2.45) is 0 Å². The first kappa shape index (κ1) is 11.9. The highest BCUT2D eigenvalue weighted by atomic mass is 35.5. The van der Waals surface area contributed by atoms with E-state index in [9.17, 15) is 9.90 Å². The summed E-state index contributed by atoms with van der Waals surface area (Å²) in [7, 11) is 0. The average Bonchev–Trinajstić information content (AvgIpc) is 1.99. The van der Waals surface area contributed by atoms with Crippen molar-refractivity contribution in [3.63, 3.8) is 0 Å². The Balaban J connectivity index is 2.92. The van der Waals surface area contributed by atoms with Crippen LogP contribution in [0.25, 0.3) is 0 Å². The number of halogens is 1. The third-order valence-corrected chi connectivity index (χ3v) is 1.93. The Morgan fingerprint density at radius 2 is 2.00 bits per heavy atom. The lowest BCUT2D eigenvalue weighted by atomic mass is 10.1.